The monoisotopic (exact) mass is 363 g/mol. The van der Waals surface area contributed by atoms with E-state index in [-0.39, 0.29) is 24.0 Å². The van der Waals surface area contributed by atoms with Gasteiger partial charge in [-0.25, -0.2) is 0 Å². The van der Waals surface area contributed by atoms with Gasteiger partial charge in [-0.15, -0.1) is 0 Å². The van der Waals surface area contributed by atoms with Crippen molar-refractivity contribution in [3.63, 3.8) is 0 Å². The summed E-state index contributed by atoms with van der Waals surface area (Å²) in [5, 5.41) is 5.28. The number of hydrogen-bond acceptors (Lipinski definition) is 6. The molecule has 1 rings (SSSR count). The maximum absolute atomic E-state index is 12.5. The van der Waals surface area contributed by atoms with E-state index in [0.29, 0.717) is 12.0 Å². The van der Waals surface area contributed by atoms with Crippen LogP contribution in [0.4, 0.5) is 5.69 Å². The lowest BCUT2D eigenvalue weighted by atomic mass is 10.0. The molecular formula is C18H25N3O5. The third-order valence-corrected chi connectivity index (χ3v) is 3.44. The summed E-state index contributed by atoms with van der Waals surface area (Å²) in [7, 11) is 1.62. The number of aldehydes is 1. The number of carbonyl (C=O) groups is 4. The van der Waals surface area contributed by atoms with E-state index in [9.17, 15) is 19.2 Å². The third-order valence-electron chi connectivity index (χ3n) is 3.44. The minimum atomic E-state index is -1.06. The van der Waals surface area contributed by atoms with Crippen LogP contribution < -0.4 is 16.4 Å². The van der Waals surface area contributed by atoms with Crippen LogP contribution in [0.25, 0.3) is 0 Å². The summed E-state index contributed by atoms with van der Waals surface area (Å²) < 4.78 is 5.17. The van der Waals surface area contributed by atoms with Crippen LogP contribution in [0.5, 0.6) is 0 Å². The van der Waals surface area contributed by atoms with Gasteiger partial charge >= 0.3 is 5.97 Å². The zero-order chi connectivity index (χ0) is 19.9. The van der Waals surface area contributed by atoms with Gasteiger partial charge in [0.15, 0.2) is 6.29 Å². The number of rotatable bonds is 8. The average Bonchev–Trinajstić information content (AvgIpc) is 2.55. The molecule has 26 heavy (non-hydrogen) atoms. The summed E-state index contributed by atoms with van der Waals surface area (Å²) in [6.45, 7) is 5.19. The Balaban J connectivity index is 2.85. The molecule has 0 bridgehead atoms. The van der Waals surface area contributed by atoms with Crippen LogP contribution in [-0.4, -0.2) is 42.8 Å². The molecule has 8 nitrogen and oxygen atoms in total. The van der Waals surface area contributed by atoms with Gasteiger partial charge in [0.2, 0.25) is 5.91 Å². The molecule has 0 aliphatic heterocycles. The molecule has 0 aliphatic rings. The first-order valence-electron chi connectivity index (χ1n) is 8.17. The molecule has 142 valence electrons. The first kappa shape index (κ1) is 21.1. The fourth-order valence-electron chi connectivity index (χ4n) is 2.28. The molecule has 8 heteroatoms. The molecule has 0 spiro atoms. The van der Waals surface area contributed by atoms with Crippen LogP contribution in [0, 0.1) is 0 Å². The summed E-state index contributed by atoms with van der Waals surface area (Å²) in [6, 6.07) is 3.65. The van der Waals surface area contributed by atoms with Crippen molar-refractivity contribution in [3.8, 4) is 0 Å². The highest BCUT2D eigenvalue weighted by atomic mass is 16.6. The van der Waals surface area contributed by atoms with Crippen molar-refractivity contribution in [2.24, 2.45) is 5.73 Å². The van der Waals surface area contributed by atoms with E-state index in [1.165, 1.54) is 6.07 Å². The van der Waals surface area contributed by atoms with Crippen molar-refractivity contribution >= 4 is 29.8 Å². The third kappa shape index (κ3) is 6.19. The van der Waals surface area contributed by atoms with Crippen LogP contribution in [0.1, 0.15) is 54.3 Å². The fraction of sp³-hybridized carbons (Fsp3) is 0.444. The van der Waals surface area contributed by atoms with E-state index in [1.54, 1.807) is 40.0 Å². The molecule has 0 aliphatic carbocycles. The van der Waals surface area contributed by atoms with Crippen LogP contribution in [0.2, 0.25) is 0 Å². The lowest BCUT2D eigenvalue weighted by Crippen LogP contribution is -2.45. The number of anilines is 1. The second kappa shape index (κ2) is 8.98. The highest BCUT2D eigenvalue weighted by Crippen LogP contribution is 2.18. The molecule has 0 heterocycles. The second-order valence-electron chi connectivity index (χ2n) is 6.69. The van der Waals surface area contributed by atoms with Crippen molar-refractivity contribution in [3.05, 3.63) is 29.3 Å². The number of nitrogens with one attached hydrogen (secondary N) is 2. The molecule has 0 saturated carbocycles. The number of nitrogens with two attached hydrogens (primary N) is 1. The van der Waals surface area contributed by atoms with Gasteiger partial charge in [-0.2, -0.15) is 0 Å². The number of ether oxygens (including phenoxy) is 1. The molecular weight excluding hydrogens is 338 g/mol. The molecule has 1 atom stereocenters. The molecule has 0 saturated heterocycles. The molecule has 2 amide bonds. The molecule has 1 aromatic carbocycles. The minimum absolute atomic E-state index is 0.00186. The van der Waals surface area contributed by atoms with Gasteiger partial charge < -0.3 is 21.1 Å². The maximum atomic E-state index is 12.5. The topological polar surface area (TPSA) is 128 Å². The van der Waals surface area contributed by atoms with Gasteiger partial charge in [0.1, 0.15) is 11.6 Å². The van der Waals surface area contributed by atoms with Gasteiger partial charge in [-0.1, -0.05) is 6.07 Å². The van der Waals surface area contributed by atoms with Crippen molar-refractivity contribution in [1.29, 1.82) is 0 Å². The number of primary amides is 1. The quantitative estimate of drug-likeness (QED) is 0.471. The predicted molar refractivity (Wildman–Crippen MR) is 96.9 cm³/mol. The Morgan fingerprint density at radius 2 is 1.92 bits per heavy atom. The van der Waals surface area contributed by atoms with Crippen LogP contribution in [0.15, 0.2) is 18.2 Å². The number of carbonyl (C=O) groups excluding carboxylic acids is 4. The van der Waals surface area contributed by atoms with Crippen molar-refractivity contribution in [2.75, 3.05) is 12.4 Å². The zero-order valence-corrected chi connectivity index (χ0v) is 15.4. The largest absolute Gasteiger partial charge is 0.460 e. The van der Waals surface area contributed by atoms with Gasteiger partial charge in [0, 0.05) is 19.2 Å². The zero-order valence-electron chi connectivity index (χ0n) is 15.4. The molecule has 0 fully saturated rings. The number of hydrogen-bond donors (Lipinski definition) is 3. The standard InChI is InChI=1S/C18H25N3O5/c1-18(2,3)26-15(23)9-8-14(16(19)24)21-17(25)11-6-5-7-13(20-4)12(11)10-22/h5-7,10,14,20H,8-9H2,1-4H3,(H2,19,24)(H,21,25). The lowest BCUT2D eigenvalue weighted by molar-refractivity contribution is -0.155. The van der Waals surface area contributed by atoms with Gasteiger partial charge in [0.25, 0.3) is 5.91 Å². The highest BCUT2D eigenvalue weighted by Gasteiger charge is 2.24. The minimum Gasteiger partial charge on any atom is -0.460 e. The summed E-state index contributed by atoms with van der Waals surface area (Å²) in [5.74, 6) is -1.90. The molecule has 1 unspecified atom stereocenters. The first-order chi connectivity index (χ1) is 12.1. The van der Waals surface area contributed by atoms with Gasteiger partial charge in [-0.3, -0.25) is 19.2 Å². The summed E-state index contributed by atoms with van der Waals surface area (Å²) in [6.07, 6.45) is 0.473. The van der Waals surface area contributed by atoms with E-state index < -0.39 is 29.4 Å². The Hall–Kier alpha value is -2.90. The molecule has 4 N–H and O–H groups in total. The lowest BCUT2D eigenvalue weighted by Gasteiger charge is -2.21. The van der Waals surface area contributed by atoms with E-state index in [2.05, 4.69) is 10.6 Å². The van der Waals surface area contributed by atoms with E-state index in [4.69, 9.17) is 10.5 Å². The summed E-state index contributed by atoms with van der Waals surface area (Å²) in [4.78, 5) is 47.2. The Morgan fingerprint density at radius 1 is 1.27 bits per heavy atom. The van der Waals surface area contributed by atoms with Crippen molar-refractivity contribution in [2.45, 2.75) is 45.3 Å². The van der Waals surface area contributed by atoms with Crippen molar-refractivity contribution in [1.82, 2.24) is 5.32 Å². The average molecular weight is 363 g/mol. The second-order valence-corrected chi connectivity index (χ2v) is 6.69. The van der Waals surface area contributed by atoms with Crippen molar-refractivity contribution < 1.29 is 23.9 Å². The van der Waals surface area contributed by atoms with Gasteiger partial charge in [0.05, 0.1) is 11.1 Å². The highest BCUT2D eigenvalue weighted by molar-refractivity contribution is 6.05. The summed E-state index contributed by atoms with van der Waals surface area (Å²) in [5.41, 5.74) is 5.43. The molecule has 0 aromatic heterocycles. The summed E-state index contributed by atoms with van der Waals surface area (Å²) >= 11 is 0. The fourth-order valence-corrected chi connectivity index (χ4v) is 2.28. The van der Waals surface area contributed by atoms with E-state index in [0.717, 1.165) is 0 Å². The Kier molecular flexibility index (Phi) is 7.30. The molecule has 1 aromatic rings. The Bertz CT molecular complexity index is 695. The normalized spacial score (nSPS) is 12.0. The SMILES string of the molecule is CNc1cccc(C(=O)NC(CCC(=O)OC(C)(C)C)C(N)=O)c1C=O. The van der Waals surface area contributed by atoms with Crippen LogP contribution in [-0.2, 0) is 14.3 Å². The number of esters is 1. The van der Waals surface area contributed by atoms with E-state index >= 15 is 0 Å². The Morgan fingerprint density at radius 3 is 2.42 bits per heavy atom. The van der Waals surface area contributed by atoms with Crippen LogP contribution in [0.3, 0.4) is 0 Å². The van der Waals surface area contributed by atoms with E-state index in [1.807, 2.05) is 0 Å². The maximum Gasteiger partial charge on any atom is 0.306 e. The number of benzene rings is 1. The Labute approximate surface area is 152 Å². The van der Waals surface area contributed by atoms with Gasteiger partial charge in [-0.05, 0) is 39.3 Å². The number of amides is 2. The first-order valence-corrected chi connectivity index (χ1v) is 8.17. The predicted octanol–water partition coefficient (Wildman–Crippen LogP) is 1.25. The van der Waals surface area contributed by atoms with Crippen LogP contribution >= 0.6 is 0 Å². The smallest absolute Gasteiger partial charge is 0.306 e. The molecule has 0 radical (unpaired) electrons.